The molecule has 1 aliphatic heterocycles. The van der Waals surface area contributed by atoms with Gasteiger partial charge < -0.3 is 4.74 Å². The minimum absolute atomic E-state index is 0.136. The van der Waals surface area contributed by atoms with E-state index in [0.29, 0.717) is 18.7 Å². The number of hydrazine groups is 1. The highest BCUT2D eigenvalue weighted by atomic mass is 32.1. The molecule has 0 bridgehead atoms. The molecule has 0 aliphatic carbocycles. The highest BCUT2D eigenvalue weighted by molar-refractivity contribution is 7.09. The Morgan fingerprint density at radius 1 is 1.25 bits per heavy atom. The third-order valence-corrected chi connectivity index (χ3v) is 4.58. The molecule has 1 unspecified atom stereocenters. The number of carbonyl (C=O) groups is 2. The molecule has 1 atom stereocenters. The number of benzene rings is 1. The maximum atomic E-state index is 11.9. The van der Waals surface area contributed by atoms with Crippen molar-refractivity contribution in [1.82, 2.24) is 15.8 Å². The number of thiazole rings is 1. The summed E-state index contributed by atoms with van der Waals surface area (Å²) in [6.07, 6.45) is 1.99. The fourth-order valence-electron chi connectivity index (χ4n) is 2.49. The number of hydrogen-bond donors (Lipinski definition) is 2. The Kier molecular flexibility index (Phi) is 5.55. The summed E-state index contributed by atoms with van der Waals surface area (Å²) in [5.41, 5.74) is 6.71. The lowest BCUT2D eigenvalue weighted by molar-refractivity contribution is -0.134. The highest BCUT2D eigenvalue weighted by Crippen LogP contribution is 2.15. The predicted octanol–water partition coefficient (Wildman–Crippen LogP) is 1.60. The van der Waals surface area contributed by atoms with Crippen LogP contribution in [-0.2, 0) is 27.2 Å². The number of nitrogens with zero attached hydrogens (tertiary/aromatic N) is 1. The van der Waals surface area contributed by atoms with Crippen molar-refractivity contribution in [2.75, 3.05) is 6.61 Å². The molecule has 24 heavy (non-hydrogen) atoms. The van der Waals surface area contributed by atoms with Gasteiger partial charge in [0.15, 0.2) is 0 Å². The van der Waals surface area contributed by atoms with Crippen LogP contribution in [0.5, 0.6) is 0 Å². The lowest BCUT2D eigenvalue weighted by Gasteiger charge is -2.10. The van der Waals surface area contributed by atoms with Gasteiger partial charge in [-0.25, -0.2) is 4.98 Å². The van der Waals surface area contributed by atoms with Crippen LogP contribution in [0.2, 0.25) is 0 Å². The molecule has 1 aromatic heterocycles. The summed E-state index contributed by atoms with van der Waals surface area (Å²) in [5, 5.41) is 2.84. The van der Waals surface area contributed by atoms with Crippen molar-refractivity contribution in [3.63, 3.8) is 0 Å². The van der Waals surface area contributed by atoms with Crippen molar-refractivity contribution in [3.8, 4) is 0 Å². The maximum Gasteiger partial charge on any atom is 0.267 e. The first-order valence-corrected chi connectivity index (χ1v) is 8.76. The van der Waals surface area contributed by atoms with Crippen molar-refractivity contribution in [3.05, 3.63) is 52.0 Å². The van der Waals surface area contributed by atoms with Crippen LogP contribution in [0.3, 0.4) is 0 Å². The molecule has 0 radical (unpaired) electrons. The molecule has 0 saturated carbocycles. The van der Waals surface area contributed by atoms with E-state index < -0.39 is 6.10 Å². The topological polar surface area (TPSA) is 80.3 Å². The van der Waals surface area contributed by atoms with E-state index in [-0.39, 0.29) is 18.2 Å². The monoisotopic (exact) mass is 345 g/mol. The molecule has 7 heteroatoms. The molecule has 6 nitrogen and oxygen atoms in total. The van der Waals surface area contributed by atoms with Gasteiger partial charge in [0.1, 0.15) is 6.10 Å². The lowest BCUT2D eigenvalue weighted by atomic mass is 10.2. The number of amides is 2. The third kappa shape index (κ3) is 4.62. The van der Waals surface area contributed by atoms with E-state index in [2.05, 4.69) is 28.0 Å². The first-order valence-electron chi connectivity index (χ1n) is 7.88. The zero-order valence-electron chi connectivity index (χ0n) is 13.2. The summed E-state index contributed by atoms with van der Waals surface area (Å²) in [5.74, 6) is -0.596. The van der Waals surface area contributed by atoms with Gasteiger partial charge in [-0.1, -0.05) is 30.3 Å². The quantitative estimate of drug-likeness (QED) is 0.807. The van der Waals surface area contributed by atoms with E-state index in [9.17, 15) is 9.59 Å². The first kappa shape index (κ1) is 16.6. The van der Waals surface area contributed by atoms with E-state index in [1.165, 1.54) is 16.9 Å². The van der Waals surface area contributed by atoms with Crippen LogP contribution in [0.1, 0.15) is 29.1 Å². The van der Waals surface area contributed by atoms with Crippen LogP contribution in [0.4, 0.5) is 0 Å². The molecule has 0 spiro atoms. The lowest BCUT2D eigenvalue weighted by Crippen LogP contribution is -2.46. The molecule has 1 aromatic carbocycles. The number of hydrogen-bond acceptors (Lipinski definition) is 5. The van der Waals surface area contributed by atoms with E-state index in [1.807, 2.05) is 23.6 Å². The van der Waals surface area contributed by atoms with Gasteiger partial charge in [0.25, 0.3) is 5.91 Å². The van der Waals surface area contributed by atoms with Gasteiger partial charge in [-0.2, -0.15) is 0 Å². The molecule has 126 valence electrons. The number of aromatic nitrogens is 1. The van der Waals surface area contributed by atoms with Crippen molar-refractivity contribution in [2.24, 2.45) is 0 Å². The first-order chi connectivity index (χ1) is 11.7. The Hall–Kier alpha value is -2.25. The summed E-state index contributed by atoms with van der Waals surface area (Å²) in [6.45, 7) is 0.592. The molecule has 1 aliphatic rings. The second kappa shape index (κ2) is 8.03. The van der Waals surface area contributed by atoms with Crippen molar-refractivity contribution in [1.29, 1.82) is 0 Å². The Bertz CT molecular complexity index is 696. The van der Waals surface area contributed by atoms with E-state index >= 15 is 0 Å². The molecule has 2 heterocycles. The summed E-state index contributed by atoms with van der Waals surface area (Å²) in [4.78, 5) is 28.1. The Balaban J connectivity index is 1.45. The molecule has 2 amide bonds. The Morgan fingerprint density at radius 3 is 2.83 bits per heavy atom. The van der Waals surface area contributed by atoms with Crippen LogP contribution in [0.15, 0.2) is 35.7 Å². The van der Waals surface area contributed by atoms with Gasteiger partial charge in [-0.05, 0) is 18.4 Å². The average molecular weight is 345 g/mol. The maximum absolute atomic E-state index is 11.9. The number of nitrogens with one attached hydrogen (secondary N) is 2. The van der Waals surface area contributed by atoms with Gasteiger partial charge >= 0.3 is 0 Å². The molecule has 3 rings (SSSR count). The predicted molar refractivity (Wildman–Crippen MR) is 90.3 cm³/mol. The normalized spacial score (nSPS) is 16.8. The van der Waals surface area contributed by atoms with E-state index in [0.717, 1.165) is 17.8 Å². The smallest absolute Gasteiger partial charge is 0.267 e. The minimum atomic E-state index is -0.456. The second-order valence-electron chi connectivity index (χ2n) is 5.61. The van der Waals surface area contributed by atoms with Crippen LogP contribution < -0.4 is 10.9 Å². The van der Waals surface area contributed by atoms with Crippen molar-refractivity contribution >= 4 is 23.2 Å². The molecular formula is C17H19N3O3S. The zero-order valence-corrected chi connectivity index (χ0v) is 14.0. The number of rotatable bonds is 5. The fourth-order valence-corrected chi connectivity index (χ4v) is 3.31. The van der Waals surface area contributed by atoms with Crippen molar-refractivity contribution in [2.45, 2.75) is 31.8 Å². The molecule has 1 fully saturated rings. The largest absolute Gasteiger partial charge is 0.368 e. The molecular weight excluding hydrogens is 326 g/mol. The highest BCUT2D eigenvalue weighted by Gasteiger charge is 2.23. The third-order valence-electron chi connectivity index (χ3n) is 3.69. The zero-order chi connectivity index (χ0) is 16.8. The van der Waals surface area contributed by atoms with E-state index in [1.54, 1.807) is 0 Å². The minimum Gasteiger partial charge on any atom is -0.368 e. The molecule has 1 saturated heterocycles. The van der Waals surface area contributed by atoms with E-state index in [4.69, 9.17) is 4.74 Å². The molecule has 2 N–H and O–H groups in total. The summed E-state index contributed by atoms with van der Waals surface area (Å²) < 4.78 is 5.25. The summed E-state index contributed by atoms with van der Waals surface area (Å²) >= 11 is 1.53. The van der Waals surface area contributed by atoms with Gasteiger partial charge in [0, 0.05) is 18.4 Å². The number of ether oxygens (including phenoxy) is 1. The fraction of sp³-hybridized carbons (Fsp3) is 0.353. The average Bonchev–Trinajstić information content (AvgIpc) is 3.26. The SMILES string of the molecule is O=C(Cc1csc(Cc2ccccc2)n1)NNC(=O)C1CCCO1. The van der Waals surface area contributed by atoms with Gasteiger partial charge in [-0.3, -0.25) is 20.4 Å². The van der Waals surface area contributed by atoms with Gasteiger partial charge in [0.05, 0.1) is 17.1 Å². The van der Waals surface area contributed by atoms with Crippen LogP contribution >= 0.6 is 11.3 Å². The van der Waals surface area contributed by atoms with Crippen LogP contribution in [0.25, 0.3) is 0 Å². The summed E-state index contributed by atoms with van der Waals surface area (Å²) in [7, 11) is 0. The molecule has 2 aromatic rings. The van der Waals surface area contributed by atoms with Crippen LogP contribution in [-0.4, -0.2) is 29.5 Å². The summed E-state index contributed by atoms with van der Waals surface area (Å²) in [6, 6.07) is 10.1. The van der Waals surface area contributed by atoms with Crippen molar-refractivity contribution < 1.29 is 14.3 Å². The standard InChI is InChI=1S/C17H19N3O3S/c21-15(19-20-17(22)14-7-4-8-23-14)10-13-11-24-16(18-13)9-12-5-2-1-3-6-12/h1-3,5-6,11,14H,4,7-10H2,(H,19,21)(H,20,22). The number of carbonyl (C=O) groups excluding carboxylic acids is 2. The van der Waals surface area contributed by atoms with Gasteiger partial charge in [-0.15, -0.1) is 11.3 Å². The Labute approximate surface area is 144 Å². The van der Waals surface area contributed by atoms with Gasteiger partial charge in [0.2, 0.25) is 5.91 Å². The second-order valence-corrected chi connectivity index (χ2v) is 6.55. The van der Waals surface area contributed by atoms with Crippen LogP contribution in [0, 0.1) is 0 Å². The Morgan fingerprint density at radius 2 is 2.08 bits per heavy atom.